The molecule has 3 amide bonds. The summed E-state index contributed by atoms with van der Waals surface area (Å²) in [6, 6.07) is -0.743. The monoisotopic (exact) mass is 281 g/mol. The largest absolute Gasteiger partial charge is 0.480 e. The third kappa shape index (κ3) is 2.61. The third-order valence-corrected chi connectivity index (χ3v) is 4.05. The van der Waals surface area contributed by atoms with Crippen molar-refractivity contribution in [3.63, 3.8) is 0 Å². The second-order valence-electron chi connectivity index (χ2n) is 5.34. The minimum Gasteiger partial charge on any atom is -0.480 e. The van der Waals surface area contributed by atoms with Crippen LogP contribution in [-0.4, -0.2) is 47.0 Å². The van der Waals surface area contributed by atoms with Gasteiger partial charge in [0, 0.05) is 19.1 Å². The number of carboxylic acids is 1. The number of rotatable bonds is 3. The fourth-order valence-corrected chi connectivity index (χ4v) is 2.73. The highest BCUT2D eigenvalue weighted by Crippen LogP contribution is 2.33. The first kappa shape index (κ1) is 14.4. The van der Waals surface area contributed by atoms with E-state index in [4.69, 9.17) is 5.73 Å². The van der Waals surface area contributed by atoms with Gasteiger partial charge in [0.25, 0.3) is 0 Å². The molecule has 0 aromatic rings. The number of likely N-dealkylation sites (tertiary alicyclic amines) is 1. The summed E-state index contributed by atoms with van der Waals surface area (Å²) in [4.78, 5) is 36.3. The van der Waals surface area contributed by atoms with Gasteiger partial charge < -0.3 is 21.1 Å². The molecule has 1 saturated heterocycles. The molecule has 1 aliphatic heterocycles. The standard InChI is InChI=1S/C13H19N3O4/c14-12(20)16-7-4-9(8-16)15-10(17)13(11(18)19)5-2-1-3-6-13/h1-2,9H,3-8H2,(H2,14,20)(H,15,17)(H,18,19). The lowest BCUT2D eigenvalue weighted by Crippen LogP contribution is -2.51. The Kier molecular flexibility index (Phi) is 3.96. The van der Waals surface area contributed by atoms with Crippen LogP contribution < -0.4 is 11.1 Å². The lowest BCUT2D eigenvalue weighted by molar-refractivity contribution is -0.156. The molecule has 1 heterocycles. The van der Waals surface area contributed by atoms with Gasteiger partial charge in [0.15, 0.2) is 0 Å². The molecule has 2 unspecified atom stereocenters. The van der Waals surface area contributed by atoms with Crippen LogP contribution >= 0.6 is 0 Å². The summed E-state index contributed by atoms with van der Waals surface area (Å²) in [6.45, 7) is 0.826. The molecule has 2 atom stereocenters. The summed E-state index contributed by atoms with van der Waals surface area (Å²) in [5, 5.41) is 12.1. The molecule has 7 nitrogen and oxygen atoms in total. The Morgan fingerprint density at radius 3 is 2.60 bits per heavy atom. The summed E-state index contributed by atoms with van der Waals surface area (Å²) in [5.74, 6) is -1.56. The number of amides is 3. The van der Waals surface area contributed by atoms with Gasteiger partial charge in [-0.05, 0) is 25.7 Å². The molecule has 0 spiro atoms. The van der Waals surface area contributed by atoms with Crippen LogP contribution in [0.2, 0.25) is 0 Å². The molecule has 110 valence electrons. The Balaban J connectivity index is 2.02. The maximum Gasteiger partial charge on any atom is 0.319 e. The number of hydrogen-bond donors (Lipinski definition) is 3. The van der Waals surface area contributed by atoms with Crippen molar-refractivity contribution in [2.45, 2.75) is 31.7 Å². The van der Waals surface area contributed by atoms with Crippen LogP contribution in [0.25, 0.3) is 0 Å². The van der Waals surface area contributed by atoms with E-state index in [1.165, 1.54) is 4.90 Å². The molecule has 1 fully saturated rings. The number of nitrogens with one attached hydrogen (secondary N) is 1. The number of aliphatic carboxylic acids is 1. The minimum atomic E-state index is -1.38. The first-order valence-corrected chi connectivity index (χ1v) is 6.69. The second-order valence-corrected chi connectivity index (χ2v) is 5.34. The Morgan fingerprint density at radius 2 is 2.10 bits per heavy atom. The fraction of sp³-hybridized carbons (Fsp3) is 0.615. The summed E-state index contributed by atoms with van der Waals surface area (Å²) in [5.41, 5.74) is 3.80. The predicted octanol–water partition coefficient (Wildman–Crippen LogP) is 0.0667. The van der Waals surface area contributed by atoms with E-state index in [-0.39, 0.29) is 12.5 Å². The second kappa shape index (κ2) is 5.52. The van der Waals surface area contributed by atoms with Crippen LogP contribution in [0.15, 0.2) is 12.2 Å². The van der Waals surface area contributed by atoms with Gasteiger partial charge in [-0.15, -0.1) is 0 Å². The maximum atomic E-state index is 12.3. The molecule has 0 saturated carbocycles. The van der Waals surface area contributed by atoms with Crippen LogP contribution in [0.1, 0.15) is 25.7 Å². The zero-order chi connectivity index (χ0) is 14.8. The van der Waals surface area contributed by atoms with Gasteiger partial charge in [-0.25, -0.2) is 4.79 Å². The fourth-order valence-electron chi connectivity index (χ4n) is 2.73. The molecular weight excluding hydrogens is 262 g/mol. The van der Waals surface area contributed by atoms with Gasteiger partial charge in [-0.1, -0.05) is 12.2 Å². The van der Waals surface area contributed by atoms with Crippen molar-refractivity contribution in [3.05, 3.63) is 12.2 Å². The highest BCUT2D eigenvalue weighted by Gasteiger charge is 2.46. The Morgan fingerprint density at radius 1 is 1.35 bits per heavy atom. The van der Waals surface area contributed by atoms with Gasteiger partial charge in [0.05, 0.1) is 0 Å². The summed E-state index contributed by atoms with van der Waals surface area (Å²) < 4.78 is 0. The van der Waals surface area contributed by atoms with Gasteiger partial charge in [0.1, 0.15) is 5.41 Å². The van der Waals surface area contributed by atoms with E-state index in [0.29, 0.717) is 32.4 Å². The molecule has 2 aliphatic rings. The van der Waals surface area contributed by atoms with E-state index < -0.39 is 23.3 Å². The molecule has 20 heavy (non-hydrogen) atoms. The van der Waals surface area contributed by atoms with Crippen LogP contribution in [0.5, 0.6) is 0 Å². The van der Waals surface area contributed by atoms with Crippen LogP contribution in [0.3, 0.4) is 0 Å². The SMILES string of the molecule is NC(=O)N1CCC(NC(=O)C2(C(=O)O)CC=CCC2)C1. The van der Waals surface area contributed by atoms with Gasteiger partial charge in [-0.3, -0.25) is 9.59 Å². The molecule has 1 aliphatic carbocycles. The van der Waals surface area contributed by atoms with Crippen LogP contribution in [0, 0.1) is 5.41 Å². The van der Waals surface area contributed by atoms with Crippen LogP contribution in [-0.2, 0) is 9.59 Å². The zero-order valence-corrected chi connectivity index (χ0v) is 11.2. The molecule has 7 heteroatoms. The van der Waals surface area contributed by atoms with E-state index in [9.17, 15) is 19.5 Å². The normalized spacial score (nSPS) is 29.2. The number of nitrogens with zero attached hydrogens (tertiary/aromatic N) is 1. The molecular formula is C13H19N3O4. The van der Waals surface area contributed by atoms with Crippen molar-refractivity contribution in [1.82, 2.24) is 10.2 Å². The van der Waals surface area contributed by atoms with E-state index in [1.54, 1.807) is 6.08 Å². The average molecular weight is 281 g/mol. The number of allylic oxidation sites excluding steroid dienone is 2. The molecule has 0 bridgehead atoms. The Hall–Kier alpha value is -2.05. The van der Waals surface area contributed by atoms with Crippen molar-refractivity contribution in [1.29, 1.82) is 0 Å². The van der Waals surface area contributed by atoms with Crippen molar-refractivity contribution < 1.29 is 19.5 Å². The van der Waals surface area contributed by atoms with E-state index in [1.807, 2.05) is 6.08 Å². The smallest absolute Gasteiger partial charge is 0.319 e. The number of nitrogens with two attached hydrogens (primary N) is 1. The quantitative estimate of drug-likeness (QED) is 0.501. The lowest BCUT2D eigenvalue weighted by Gasteiger charge is -2.30. The highest BCUT2D eigenvalue weighted by atomic mass is 16.4. The van der Waals surface area contributed by atoms with Crippen LogP contribution in [0.4, 0.5) is 4.79 Å². The predicted molar refractivity (Wildman–Crippen MR) is 70.8 cm³/mol. The van der Waals surface area contributed by atoms with Crippen molar-refractivity contribution >= 4 is 17.9 Å². The number of carbonyl (C=O) groups excluding carboxylic acids is 2. The number of hydrogen-bond acceptors (Lipinski definition) is 3. The number of primary amides is 1. The summed E-state index contributed by atoms with van der Waals surface area (Å²) in [6.07, 6.45) is 5.32. The van der Waals surface area contributed by atoms with Crippen molar-refractivity contribution in [2.24, 2.45) is 11.1 Å². The Bertz CT molecular complexity index is 463. The Labute approximate surface area is 116 Å². The highest BCUT2D eigenvalue weighted by molar-refractivity contribution is 6.02. The van der Waals surface area contributed by atoms with E-state index in [2.05, 4.69) is 5.32 Å². The molecule has 0 radical (unpaired) electrons. The maximum absolute atomic E-state index is 12.3. The summed E-state index contributed by atoms with van der Waals surface area (Å²) in [7, 11) is 0. The number of urea groups is 1. The van der Waals surface area contributed by atoms with Gasteiger partial charge in [0.2, 0.25) is 5.91 Å². The number of carbonyl (C=O) groups is 3. The van der Waals surface area contributed by atoms with E-state index in [0.717, 1.165) is 0 Å². The number of carboxylic acid groups (broad SMARTS) is 1. The van der Waals surface area contributed by atoms with Crippen molar-refractivity contribution in [2.75, 3.05) is 13.1 Å². The molecule has 0 aromatic carbocycles. The topological polar surface area (TPSA) is 113 Å². The average Bonchev–Trinajstić information content (AvgIpc) is 2.88. The lowest BCUT2D eigenvalue weighted by atomic mass is 9.76. The first-order valence-electron chi connectivity index (χ1n) is 6.69. The molecule has 2 rings (SSSR count). The van der Waals surface area contributed by atoms with E-state index >= 15 is 0 Å². The third-order valence-electron chi connectivity index (χ3n) is 4.05. The molecule has 0 aromatic heterocycles. The molecule has 4 N–H and O–H groups in total. The van der Waals surface area contributed by atoms with Gasteiger partial charge >= 0.3 is 12.0 Å². The minimum absolute atomic E-state index is 0.209. The van der Waals surface area contributed by atoms with Crippen molar-refractivity contribution in [3.8, 4) is 0 Å². The first-order chi connectivity index (χ1) is 9.45. The zero-order valence-electron chi connectivity index (χ0n) is 11.2. The van der Waals surface area contributed by atoms with Gasteiger partial charge in [-0.2, -0.15) is 0 Å². The summed E-state index contributed by atoms with van der Waals surface area (Å²) >= 11 is 0.